The van der Waals surface area contributed by atoms with Crippen molar-refractivity contribution in [2.45, 2.75) is 6.92 Å². The molecule has 114 valence electrons. The summed E-state index contributed by atoms with van der Waals surface area (Å²) < 4.78 is 18.8. The van der Waals surface area contributed by atoms with Crippen LogP contribution in [0.25, 0.3) is 11.1 Å². The number of carbonyl (C=O) groups excluding carboxylic acids is 1. The van der Waals surface area contributed by atoms with Crippen LogP contribution in [0.1, 0.15) is 27.6 Å². The lowest BCUT2D eigenvalue weighted by atomic mass is 10.0. The van der Waals surface area contributed by atoms with E-state index in [0.29, 0.717) is 11.1 Å². The van der Waals surface area contributed by atoms with Gasteiger partial charge in [-0.2, -0.15) is 0 Å². The van der Waals surface area contributed by atoms with Crippen LogP contribution in [0.4, 0.5) is 4.39 Å². The summed E-state index contributed by atoms with van der Waals surface area (Å²) in [5.41, 5.74) is 0.679. The Hall–Kier alpha value is -2.40. The number of carbonyl (C=O) groups is 2. The van der Waals surface area contributed by atoms with Crippen molar-refractivity contribution in [2.75, 3.05) is 6.61 Å². The maximum atomic E-state index is 14.0. The average molecular weight is 323 g/mol. The van der Waals surface area contributed by atoms with Crippen molar-refractivity contribution in [3.63, 3.8) is 0 Å². The Kier molecular flexibility index (Phi) is 4.78. The third-order valence-electron chi connectivity index (χ3n) is 2.94. The van der Waals surface area contributed by atoms with Crippen molar-refractivity contribution >= 4 is 23.5 Å². The summed E-state index contributed by atoms with van der Waals surface area (Å²) in [5.74, 6) is -2.62. The molecule has 0 saturated heterocycles. The Morgan fingerprint density at radius 1 is 1.18 bits per heavy atom. The van der Waals surface area contributed by atoms with Crippen LogP contribution in [0.3, 0.4) is 0 Å². The highest BCUT2D eigenvalue weighted by Gasteiger charge is 2.14. The first kappa shape index (κ1) is 16.0. The number of aromatic carboxylic acids is 1. The van der Waals surface area contributed by atoms with E-state index in [2.05, 4.69) is 0 Å². The summed E-state index contributed by atoms with van der Waals surface area (Å²) in [6.07, 6.45) is 0. The Balaban J connectivity index is 2.44. The fourth-order valence-electron chi connectivity index (χ4n) is 1.95. The van der Waals surface area contributed by atoms with Gasteiger partial charge < -0.3 is 9.84 Å². The van der Waals surface area contributed by atoms with Gasteiger partial charge in [-0.3, -0.25) is 0 Å². The van der Waals surface area contributed by atoms with Gasteiger partial charge in [0.15, 0.2) is 0 Å². The molecule has 0 amide bonds. The molecular weight excluding hydrogens is 311 g/mol. The molecule has 0 heterocycles. The van der Waals surface area contributed by atoms with E-state index in [1.807, 2.05) is 0 Å². The van der Waals surface area contributed by atoms with E-state index < -0.39 is 17.8 Å². The second-order valence-corrected chi connectivity index (χ2v) is 4.89. The number of hydrogen-bond donors (Lipinski definition) is 1. The molecule has 0 aromatic heterocycles. The number of carboxylic acid groups (broad SMARTS) is 1. The van der Waals surface area contributed by atoms with Gasteiger partial charge in [-0.25, -0.2) is 14.0 Å². The molecule has 2 aromatic carbocycles. The minimum Gasteiger partial charge on any atom is -0.478 e. The molecule has 0 bridgehead atoms. The number of hydrogen-bond acceptors (Lipinski definition) is 3. The van der Waals surface area contributed by atoms with Crippen LogP contribution >= 0.6 is 11.6 Å². The Morgan fingerprint density at radius 2 is 1.91 bits per heavy atom. The van der Waals surface area contributed by atoms with Crippen LogP contribution in [0, 0.1) is 5.82 Å². The number of carboxylic acids is 1. The predicted molar refractivity (Wildman–Crippen MR) is 79.8 cm³/mol. The van der Waals surface area contributed by atoms with E-state index in [9.17, 15) is 14.0 Å². The van der Waals surface area contributed by atoms with Crippen molar-refractivity contribution in [3.05, 3.63) is 58.4 Å². The predicted octanol–water partition coefficient (Wildman–Crippen LogP) is 4.02. The zero-order valence-electron chi connectivity index (χ0n) is 11.6. The standard InChI is InChI=1S/C16H12ClFO4/c1-2-22-16(21)13-4-3-9(8-14(13)18)10-5-11(15(19)20)7-12(17)6-10/h3-8H,2H2,1H3,(H,19,20). The lowest BCUT2D eigenvalue weighted by Crippen LogP contribution is -2.07. The van der Waals surface area contributed by atoms with Crippen LogP contribution in [-0.2, 0) is 4.74 Å². The summed E-state index contributed by atoms with van der Waals surface area (Å²) in [6.45, 7) is 1.78. The van der Waals surface area contributed by atoms with Gasteiger partial charge in [0.2, 0.25) is 0 Å². The van der Waals surface area contributed by atoms with Crippen LogP contribution in [-0.4, -0.2) is 23.7 Å². The van der Waals surface area contributed by atoms with Gasteiger partial charge >= 0.3 is 11.9 Å². The Bertz CT molecular complexity index is 743. The Labute approximate surface area is 131 Å². The number of benzene rings is 2. The van der Waals surface area contributed by atoms with Gasteiger partial charge in [0.1, 0.15) is 5.82 Å². The summed E-state index contributed by atoms with van der Waals surface area (Å²) in [7, 11) is 0. The number of halogens is 2. The third kappa shape index (κ3) is 3.43. The van der Waals surface area contributed by atoms with Crippen molar-refractivity contribution < 1.29 is 23.8 Å². The smallest absolute Gasteiger partial charge is 0.341 e. The highest BCUT2D eigenvalue weighted by molar-refractivity contribution is 6.31. The second-order valence-electron chi connectivity index (χ2n) is 4.45. The summed E-state index contributed by atoms with van der Waals surface area (Å²) in [6, 6.07) is 8.15. The molecule has 4 nitrogen and oxygen atoms in total. The minimum absolute atomic E-state index is 0.00243. The maximum absolute atomic E-state index is 14.0. The van der Waals surface area contributed by atoms with Crippen LogP contribution in [0.15, 0.2) is 36.4 Å². The molecule has 22 heavy (non-hydrogen) atoms. The summed E-state index contributed by atoms with van der Waals surface area (Å²) >= 11 is 5.88. The van der Waals surface area contributed by atoms with E-state index in [1.165, 1.54) is 30.3 Å². The summed E-state index contributed by atoms with van der Waals surface area (Å²) in [4.78, 5) is 22.6. The molecule has 0 fully saturated rings. The molecule has 0 unspecified atom stereocenters. The molecule has 0 aliphatic carbocycles. The van der Waals surface area contributed by atoms with Crippen molar-refractivity contribution in [1.29, 1.82) is 0 Å². The molecular formula is C16H12ClFO4. The molecule has 1 N–H and O–H groups in total. The monoisotopic (exact) mass is 322 g/mol. The van der Waals surface area contributed by atoms with Crippen molar-refractivity contribution in [1.82, 2.24) is 0 Å². The molecule has 0 radical (unpaired) electrons. The lowest BCUT2D eigenvalue weighted by molar-refractivity contribution is 0.0520. The van der Waals surface area contributed by atoms with Crippen LogP contribution < -0.4 is 0 Å². The maximum Gasteiger partial charge on any atom is 0.341 e. The molecule has 0 spiro atoms. The first-order valence-corrected chi connectivity index (χ1v) is 6.81. The van der Waals surface area contributed by atoms with Gasteiger partial charge in [-0.1, -0.05) is 17.7 Å². The fourth-order valence-corrected chi connectivity index (χ4v) is 2.18. The van der Waals surface area contributed by atoms with Gasteiger partial charge in [0, 0.05) is 5.02 Å². The third-order valence-corrected chi connectivity index (χ3v) is 3.16. The zero-order valence-corrected chi connectivity index (χ0v) is 12.4. The number of esters is 1. The minimum atomic E-state index is -1.13. The average Bonchev–Trinajstić information content (AvgIpc) is 2.46. The summed E-state index contributed by atoms with van der Waals surface area (Å²) in [5, 5.41) is 9.24. The van der Waals surface area contributed by atoms with E-state index in [1.54, 1.807) is 6.92 Å². The first-order chi connectivity index (χ1) is 10.4. The second kappa shape index (κ2) is 6.58. The fraction of sp³-hybridized carbons (Fsp3) is 0.125. The molecule has 0 aliphatic heterocycles. The van der Waals surface area contributed by atoms with Crippen LogP contribution in [0.5, 0.6) is 0 Å². The van der Waals surface area contributed by atoms with Gasteiger partial charge in [-0.15, -0.1) is 0 Å². The van der Waals surface area contributed by atoms with Gasteiger partial charge in [0.05, 0.1) is 17.7 Å². The van der Waals surface area contributed by atoms with Gasteiger partial charge in [0.25, 0.3) is 0 Å². The van der Waals surface area contributed by atoms with E-state index in [-0.39, 0.29) is 22.8 Å². The largest absolute Gasteiger partial charge is 0.478 e. The normalized spacial score (nSPS) is 10.3. The van der Waals surface area contributed by atoms with E-state index >= 15 is 0 Å². The van der Waals surface area contributed by atoms with Crippen molar-refractivity contribution in [2.24, 2.45) is 0 Å². The van der Waals surface area contributed by atoms with Crippen molar-refractivity contribution in [3.8, 4) is 11.1 Å². The number of rotatable bonds is 4. The molecule has 0 atom stereocenters. The van der Waals surface area contributed by atoms with Gasteiger partial charge in [-0.05, 0) is 48.4 Å². The molecule has 2 aromatic rings. The zero-order chi connectivity index (χ0) is 16.3. The van der Waals surface area contributed by atoms with E-state index in [4.69, 9.17) is 21.4 Å². The highest BCUT2D eigenvalue weighted by Crippen LogP contribution is 2.26. The number of ether oxygens (including phenoxy) is 1. The molecule has 6 heteroatoms. The lowest BCUT2D eigenvalue weighted by Gasteiger charge is -2.07. The SMILES string of the molecule is CCOC(=O)c1ccc(-c2cc(Cl)cc(C(=O)O)c2)cc1F. The van der Waals surface area contributed by atoms with Crippen LogP contribution in [0.2, 0.25) is 5.02 Å². The Morgan fingerprint density at radius 3 is 2.50 bits per heavy atom. The topological polar surface area (TPSA) is 63.6 Å². The quantitative estimate of drug-likeness (QED) is 0.863. The molecule has 0 saturated carbocycles. The highest BCUT2D eigenvalue weighted by atomic mass is 35.5. The molecule has 2 rings (SSSR count). The van der Waals surface area contributed by atoms with E-state index in [0.717, 1.165) is 6.07 Å². The first-order valence-electron chi connectivity index (χ1n) is 6.43. The molecule has 0 aliphatic rings.